The van der Waals surface area contributed by atoms with E-state index in [0.29, 0.717) is 5.69 Å². The first-order valence-corrected chi connectivity index (χ1v) is 6.39. The zero-order valence-electron chi connectivity index (χ0n) is 9.74. The summed E-state index contributed by atoms with van der Waals surface area (Å²) in [6.07, 6.45) is 3.79. The SMILES string of the molecule is CCCCN(CC)C(=O)c1ccc(Br)cn1. The molecule has 0 unspecified atom stereocenters. The highest BCUT2D eigenvalue weighted by molar-refractivity contribution is 9.10. The van der Waals surface area contributed by atoms with Crippen LogP contribution in [-0.4, -0.2) is 28.9 Å². The third-order valence-electron chi connectivity index (χ3n) is 2.40. The molecule has 0 aliphatic carbocycles. The van der Waals surface area contributed by atoms with Gasteiger partial charge in [-0.15, -0.1) is 0 Å². The van der Waals surface area contributed by atoms with Crippen LogP contribution in [0.1, 0.15) is 37.2 Å². The number of carbonyl (C=O) groups is 1. The summed E-state index contributed by atoms with van der Waals surface area (Å²) in [5.41, 5.74) is 0.515. The number of rotatable bonds is 5. The summed E-state index contributed by atoms with van der Waals surface area (Å²) in [4.78, 5) is 18.0. The highest BCUT2D eigenvalue weighted by Crippen LogP contribution is 2.09. The molecule has 0 bridgehead atoms. The molecule has 0 fully saturated rings. The molecule has 4 heteroatoms. The predicted octanol–water partition coefficient (Wildman–Crippen LogP) is 3.11. The molecule has 0 aromatic carbocycles. The lowest BCUT2D eigenvalue weighted by Gasteiger charge is -2.19. The topological polar surface area (TPSA) is 33.2 Å². The lowest BCUT2D eigenvalue weighted by atomic mass is 10.2. The summed E-state index contributed by atoms with van der Waals surface area (Å²) < 4.78 is 0.889. The fourth-order valence-electron chi connectivity index (χ4n) is 1.42. The molecule has 0 N–H and O–H groups in total. The van der Waals surface area contributed by atoms with Crippen molar-refractivity contribution in [2.45, 2.75) is 26.7 Å². The Morgan fingerprint density at radius 1 is 1.44 bits per heavy atom. The Balaban J connectivity index is 2.70. The number of nitrogens with zero attached hydrogens (tertiary/aromatic N) is 2. The van der Waals surface area contributed by atoms with Crippen LogP contribution >= 0.6 is 15.9 Å². The minimum Gasteiger partial charge on any atom is -0.338 e. The van der Waals surface area contributed by atoms with Gasteiger partial charge in [-0.25, -0.2) is 4.98 Å². The molecule has 1 aromatic rings. The van der Waals surface area contributed by atoms with Gasteiger partial charge in [0.15, 0.2) is 0 Å². The van der Waals surface area contributed by atoms with Crippen LogP contribution in [-0.2, 0) is 0 Å². The maximum Gasteiger partial charge on any atom is 0.272 e. The van der Waals surface area contributed by atoms with Gasteiger partial charge in [0.05, 0.1) is 0 Å². The van der Waals surface area contributed by atoms with Crippen LogP contribution in [0.5, 0.6) is 0 Å². The molecule has 0 aliphatic rings. The number of unbranched alkanes of at least 4 members (excludes halogenated alkanes) is 1. The van der Waals surface area contributed by atoms with Crippen LogP contribution in [0, 0.1) is 0 Å². The Kier molecular flexibility index (Phi) is 5.46. The maximum atomic E-state index is 12.0. The zero-order chi connectivity index (χ0) is 12.0. The smallest absolute Gasteiger partial charge is 0.272 e. The van der Waals surface area contributed by atoms with Gasteiger partial charge in [-0.2, -0.15) is 0 Å². The van der Waals surface area contributed by atoms with Gasteiger partial charge in [-0.1, -0.05) is 13.3 Å². The summed E-state index contributed by atoms with van der Waals surface area (Å²) in [5, 5.41) is 0. The maximum absolute atomic E-state index is 12.0. The van der Waals surface area contributed by atoms with Gasteiger partial charge in [0.25, 0.3) is 5.91 Å². The summed E-state index contributed by atoms with van der Waals surface area (Å²) >= 11 is 3.30. The van der Waals surface area contributed by atoms with Gasteiger partial charge in [0, 0.05) is 23.8 Å². The second-order valence-electron chi connectivity index (χ2n) is 3.60. The molecule has 1 heterocycles. The number of pyridine rings is 1. The zero-order valence-corrected chi connectivity index (χ0v) is 11.3. The van der Waals surface area contributed by atoms with Gasteiger partial charge >= 0.3 is 0 Å². The molecule has 1 amide bonds. The number of hydrogen-bond acceptors (Lipinski definition) is 2. The molecule has 16 heavy (non-hydrogen) atoms. The molecule has 88 valence electrons. The quantitative estimate of drug-likeness (QED) is 0.832. The number of amides is 1. The summed E-state index contributed by atoms with van der Waals surface area (Å²) in [6.45, 7) is 5.66. The van der Waals surface area contributed by atoms with Crippen molar-refractivity contribution in [1.29, 1.82) is 0 Å². The van der Waals surface area contributed by atoms with E-state index in [4.69, 9.17) is 0 Å². The van der Waals surface area contributed by atoms with Crippen molar-refractivity contribution in [3.63, 3.8) is 0 Å². The van der Waals surface area contributed by atoms with Crippen LogP contribution in [0.25, 0.3) is 0 Å². The molecule has 1 rings (SSSR count). The lowest BCUT2D eigenvalue weighted by Crippen LogP contribution is -2.32. The number of hydrogen-bond donors (Lipinski definition) is 0. The van der Waals surface area contributed by atoms with Gasteiger partial charge in [-0.05, 0) is 41.4 Å². The van der Waals surface area contributed by atoms with Crippen LogP contribution in [0.2, 0.25) is 0 Å². The van der Waals surface area contributed by atoms with Crippen molar-refractivity contribution in [3.8, 4) is 0 Å². The Labute approximate surface area is 105 Å². The molecule has 0 spiro atoms. The number of halogens is 1. The lowest BCUT2D eigenvalue weighted by molar-refractivity contribution is 0.0756. The minimum atomic E-state index is 0.0171. The van der Waals surface area contributed by atoms with Crippen LogP contribution in [0.15, 0.2) is 22.8 Å². The molecule has 0 atom stereocenters. The van der Waals surface area contributed by atoms with Crippen molar-refractivity contribution in [2.75, 3.05) is 13.1 Å². The fraction of sp³-hybridized carbons (Fsp3) is 0.500. The fourth-order valence-corrected chi connectivity index (χ4v) is 1.65. The number of carbonyl (C=O) groups excluding carboxylic acids is 1. The Hall–Kier alpha value is -0.900. The molecule has 3 nitrogen and oxygen atoms in total. The van der Waals surface area contributed by atoms with Gasteiger partial charge in [0.2, 0.25) is 0 Å². The third kappa shape index (κ3) is 3.59. The monoisotopic (exact) mass is 284 g/mol. The van der Waals surface area contributed by atoms with E-state index >= 15 is 0 Å². The van der Waals surface area contributed by atoms with Crippen molar-refractivity contribution in [2.24, 2.45) is 0 Å². The first-order chi connectivity index (χ1) is 7.69. The van der Waals surface area contributed by atoms with Crippen LogP contribution in [0.3, 0.4) is 0 Å². The average Bonchev–Trinajstić information content (AvgIpc) is 2.30. The van der Waals surface area contributed by atoms with E-state index in [1.807, 2.05) is 17.9 Å². The molecule has 1 aromatic heterocycles. The van der Waals surface area contributed by atoms with Crippen molar-refractivity contribution in [3.05, 3.63) is 28.5 Å². The van der Waals surface area contributed by atoms with Crippen molar-refractivity contribution in [1.82, 2.24) is 9.88 Å². The minimum absolute atomic E-state index is 0.0171. The largest absolute Gasteiger partial charge is 0.338 e. The Bertz CT molecular complexity index is 337. The molecular weight excluding hydrogens is 268 g/mol. The van der Waals surface area contributed by atoms with E-state index in [-0.39, 0.29) is 5.91 Å². The molecule has 0 saturated carbocycles. The van der Waals surface area contributed by atoms with Crippen molar-refractivity contribution < 1.29 is 4.79 Å². The summed E-state index contributed by atoms with van der Waals surface area (Å²) in [5.74, 6) is 0.0171. The Morgan fingerprint density at radius 3 is 2.69 bits per heavy atom. The van der Waals surface area contributed by atoms with Gasteiger partial charge in [0.1, 0.15) is 5.69 Å². The first kappa shape index (κ1) is 13.2. The van der Waals surface area contributed by atoms with E-state index in [0.717, 1.165) is 30.4 Å². The van der Waals surface area contributed by atoms with E-state index in [1.165, 1.54) is 0 Å². The summed E-state index contributed by atoms with van der Waals surface area (Å²) in [6, 6.07) is 3.59. The summed E-state index contributed by atoms with van der Waals surface area (Å²) in [7, 11) is 0. The van der Waals surface area contributed by atoms with E-state index < -0.39 is 0 Å². The molecule has 0 radical (unpaired) electrons. The van der Waals surface area contributed by atoms with Gasteiger partial charge in [-0.3, -0.25) is 4.79 Å². The average molecular weight is 285 g/mol. The third-order valence-corrected chi connectivity index (χ3v) is 2.87. The number of aromatic nitrogens is 1. The van der Waals surface area contributed by atoms with E-state index in [1.54, 1.807) is 12.3 Å². The van der Waals surface area contributed by atoms with E-state index in [9.17, 15) is 4.79 Å². The van der Waals surface area contributed by atoms with Gasteiger partial charge < -0.3 is 4.90 Å². The van der Waals surface area contributed by atoms with E-state index in [2.05, 4.69) is 27.8 Å². The first-order valence-electron chi connectivity index (χ1n) is 5.59. The van der Waals surface area contributed by atoms with Crippen LogP contribution in [0.4, 0.5) is 0 Å². The molecule has 0 saturated heterocycles. The van der Waals surface area contributed by atoms with Crippen molar-refractivity contribution >= 4 is 21.8 Å². The van der Waals surface area contributed by atoms with Crippen LogP contribution < -0.4 is 0 Å². The predicted molar refractivity (Wildman–Crippen MR) is 68.4 cm³/mol. The second-order valence-corrected chi connectivity index (χ2v) is 4.52. The normalized spacial score (nSPS) is 10.2. The molecule has 0 aliphatic heterocycles. The second kappa shape index (κ2) is 6.63. The highest BCUT2D eigenvalue weighted by atomic mass is 79.9. The highest BCUT2D eigenvalue weighted by Gasteiger charge is 2.14. The molecular formula is C12H17BrN2O. The Morgan fingerprint density at radius 2 is 2.19 bits per heavy atom. The standard InChI is InChI=1S/C12H17BrN2O/c1-3-5-8-15(4-2)12(16)11-7-6-10(13)9-14-11/h6-7,9H,3-5,8H2,1-2H3.